The molecule has 0 saturated heterocycles. The Balaban J connectivity index is 2.36. The molecule has 11 nitrogen and oxygen atoms in total. The van der Waals surface area contributed by atoms with Crippen molar-refractivity contribution in [1.82, 2.24) is 4.98 Å². The van der Waals surface area contributed by atoms with E-state index in [-0.39, 0.29) is 32.7 Å². The first-order valence-corrected chi connectivity index (χ1v) is 13.8. The van der Waals surface area contributed by atoms with E-state index >= 15 is 0 Å². The van der Waals surface area contributed by atoms with Crippen molar-refractivity contribution in [1.29, 1.82) is 0 Å². The molecule has 13 heteroatoms. The summed E-state index contributed by atoms with van der Waals surface area (Å²) in [7, 11) is -4.31. The molecule has 0 amide bonds. The number of anilines is 1. The van der Waals surface area contributed by atoms with Gasteiger partial charge in [-0.1, -0.05) is 32.1 Å². The van der Waals surface area contributed by atoms with Gasteiger partial charge in [-0.15, -0.1) is 0 Å². The number of esters is 2. The molecule has 0 bridgehead atoms. The minimum absolute atomic E-state index is 0.0985. The van der Waals surface area contributed by atoms with Crippen LogP contribution in [0.1, 0.15) is 72.0 Å². The van der Waals surface area contributed by atoms with Gasteiger partial charge in [-0.25, -0.2) is 4.98 Å². The molecule has 0 aliphatic carbocycles. The molecular formula is C24H35N2O9PS. The molecule has 37 heavy (non-hydrogen) atoms. The molecule has 0 fully saturated rings. The maximum absolute atomic E-state index is 13.7. The van der Waals surface area contributed by atoms with E-state index < -0.39 is 49.4 Å². The second-order valence-corrected chi connectivity index (χ2v) is 14.3. The van der Waals surface area contributed by atoms with Crippen molar-refractivity contribution in [2.75, 3.05) is 19.3 Å². The van der Waals surface area contributed by atoms with E-state index in [2.05, 4.69) is 4.98 Å². The summed E-state index contributed by atoms with van der Waals surface area (Å²) >= 11 is 1.01. The second-order valence-electron chi connectivity index (χ2n) is 11.3. The number of aromatic nitrogens is 1. The van der Waals surface area contributed by atoms with Gasteiger partial charge in [0.1, 0.15) is 10.6 Å². The fourth-order valence-electron chi connectivity index (χ4n) is 2.50. The number of nitrogen functional groups attached to an aromatic ring is 1. The average Bonchev–Trinajstić information content (AvgIpc) is 3.38. The maximum atomic E-state index is 13.7. The first-order valence-electron chi connectivity index (χ1n) is 11.4. The van der Waals surface area contributed by atoms with Crippen molar-refractivity contribution in [3.05, 3.63) is 17.0 Å². The van der Waals surface area contributed by atoms with Crippen LogP contribution >= 0.6 is 18.9 Å². The number of hydrogen-bond acceptors (Lipinski definition) is 12. The molecule has 2 aromatic rings. The number of carbonyl (C=O) groups is 3. The molecule has 2 rings (SSSR count). The van der Waals surface area contributed by atoms with Crippen LogP contribution in [-0.2, 0) is 32.7 Å². The molecule has 0 radical (unpaired) electrons. The highest BCUT2D eigenvalue weighted by Crippen LogP contribution is 2.48. The Hall–Kier alpha value is -2.53. The van der Waals surface area contributed by atoms with Gasteiger partial charge < -0.3 is 19.6 Å². The molecule has 2 heterocycles. The van der Waals surface area contributed by atoms with Gasteiger partial charge >= 0.3 is 19.5 Å². The molecule has 0 spiro atoms. The Morgan fingerprint density at radius 2 is 1.38 bits per heavy atom. The Labute approximate surface area is 220 Å². The lowest BCUT2D eigenvalue weighted by Gasteiger charge is -2.21. The Bertz CT molecular complexity index is 1160. The molecular weight excluding hydrogens is 523 g/mol. The summed E-state index contributed by atoms with van der Waals surface area (Å²) in [6, 6.07) is 2.75. The van der Waals surface area contributed by atoms with E-state index in [0.29, 0.717) is 0 Å². The first-order chi connectivity index (χ1) is 16.8. The number of furan rings is 1. The lowest BCUT2D eigenvalue weighted by atomic mass is 9.89. The zero-order valence-electron chi connectivity index (χ0n) is 22.6. The van der Waals surface area contributed by atoms with Crippen LogP contribution < -0.4 is 11.2 Å². The number of rotatable bonds is 9. The highest BCUT2D eigenvalue weighted by molar-refractivity contribution is 7.61. The van der Waals surface area contributed by atoms with Gasteiger partial charge in [0.25, 0.3) is 0 Å². The average molecular weight is 559 g/mol. The summed E-state index contributed by atoms with van der Waals surface area (Å²) < 4.78 is 40.2. The standard InChI is InChI=1S/C24H35N2O9PS/c1-22(2,3)18(27)17-16(26-21(25)37-17)14-10-11-15(35-14)36(30,33-12-31-19(28)23(4,5)6)34-13-32-20(29)24(7,8)9/h10-11H,12-13H2,1-9H3,(H2,25,26). The normalized spacial score (nSPS) is 12.9. The Morgan fingerprint density at radius 1 is 0.892 bits per heavy atom. The summed E-state index contributed by atoms with van der Waals surface area (Å²) in [5.41, 5.74) is 3.41. The van der Waals surface area contributed by atoms with E-state index in [9.17, 15) is 18.9 Å². The van der Waals surface area contributed by atoms with Crippen LogP contribution in [-0.4, -0.2) is 36.3 Å². The number of ether oxygens (including phenoxy) is 2. The van der Waals surface area contributed by atoms with Crippen LogP contribution in [0.5, 0.6) is 0 Å². The lowest BCUT2D eigenvalue weighted by molar-refractivity contribution is -0.161. The van der Waals surface area contributed by atoms with Crippen LogP contribution in [0, 0.1) is 16.2 Å². The van der Waals surface area contributed by atoms with Crippen LogP contribution in [0.3, 0.4) is 0 Å². The van der Waals surface area contributed by atoms with E-state index in [1.54, 1.807) is 62.3 Å². The minimum Gasteiger partial charge on any atom is -0.446 e. The SMILES string of the molecule is CC(C)(C)C(=O)OCOP(=O)(OCOC(=O)C(C)(C)C)c1ccc(-c2nc(N)sc2C(=O)C(C)(C)C)o1. The number of thiazole rings is 1. The van der Waals surface area contributed by atoms with Crippen molar-refractivity contribution >= 4 is 47.3 Å². The molecule has 0 aromatic carbocycles. The van der Waals surface area contributed by atoms with Crippen LogP contribution in [0.25, 0.3) is 11.5 Å². The zero-order chi connectivity index (χ0) is 28.4. The molecule has 0 atom stereocenters. The number of carbonyl (C=O) groups excluding carboxylic acids is 3. The molecule has 0 aliphatic rings. The van der Waals surface area contributed by atoms with Crippen molar-refractivity contribution < 1.29 is 41.9 Å². The summed E-state index contributed by atoms with van der Waals surface area (Å²) in [6.45, 7) is 13.7. The molecule has 0 unspecified atom stereocenters. The number of ketones is 1. The van der Waals surface area contributed by atoms with Crippen molar-refractivity contribution in [2.45, 2.75) is 62.3 Å². The number of Topliss-reactive ketones (excluding diaryl/α,β-unsaturated/α-hetero) is 1. The smallest absolute Gasteiger partial charge is 0.402 e. The largest absolute Gasteiger partial charge is 0.446 e. The van der Waals surface area contributed by atoms with Crippen molar-refractivity contribution in [3.8, 4) is 11.5 Å². The fraction of sp³-hybridized carbons (Fsp3) is 0.583. The summed E-state index contributed by atoms with van der Waals surface area (Å²) in [6.07, 6.45) is 0. The highest BCUT2D eigenvalue weighted by Gasteiger charge is 2.36. The Morgan fingerprint density at radius 3 is 1.81 bits per heavy atom. The number of nitrogens with zero attached hydrogens (tertiary/aromatic N) is 1. The monoisotopic (exact) mass is 558 g/mol. The molecule has 206 valence electrons. The highest BCUT2D eigenvalue weighted by atomic mass is 32.1. The van der Waals surface area contributed by atoms with Crippen LogP contribution in [0.2, 0.25) is 0 Å². The van der Waals surface area contributed by atoms with Gasteiger partial charge in [0.2, 0.25) is 19.1 Å². The third-order valence-corrected chi connectivity index (χ3v) is 7.23. The number of hydrogen-bond donors (Lipinski definition) is 1. The molecule has 0 saturated carbocycles. The zero-order valence-corrected chi connectivity index (χ0v) is 24.3. The van der Waals surface area contributed by atoms with E-state index in [1.807, 2.05) is 0 Å². The van der Waals surface area contributed by atoms with Gasteiger partial charge in [-0.05, 0) is 53.7 Å². The topological polar surface area (TPSA) is 157 Å². The van der Waals surface area contributed by atoms with Crippen LogP contribution in [0.15, 0.2) is 16.5 Å². The predicted octanol–water partition coefficient (Wildman–Crippen LogP) is 5.16. The van der Waals surface area contributed by atoms with Crippen molar-refractivity contribution in [2.24, 2.45) is 16.2 Å². The Kier molecular flexibility index (Phi) is 9.18. The van der Waals surface area contributed by atoms with Gasteiger partial charge in [-0.3, -0.25) is 28.0 Å². The van der Waals surface area contributed by atoms with Gasteiger partial charge in [0.15, 0.2) is 16.7 Å². The third kappa shape index (κ3) is 7.98. The van der Waals surface area contributed by atoms with Gasteiger partial charge in [0, 0.05) is 5.41 Å². The lowest BCUT2D eigenvalue weighted by Crippen LogP contribution is -2.25. The minimum atomic E-state index is -4.31. The molecule has 2 N–H and O–H groups in total. The summed E-state index contributed by atoms with van der Waals surface area (Å²) in [4.78, 5) is 41.6. The summed E-state index contributed by atoms with van der Waals surface area (Å²) in [5.74, 6) is -1.29. The van der Waals surface area contributed by atoms with Crippen molar-refractivity contribution in [3.63, 3.8) is 0 Å². The summed E-state index contributed by atoms with van der Waals surface area (Å²) in [5, 5.41) is 0.152. The van der Waals surface area contributed by atoms with E-state index in [1.165, 1.54) is 12.1 Å². The quantitative estimate of drug-likeness (QED) is 0.188. The van der Waals surface area contributed by atoms with Gasteiger partial charge in [0.05, 0.1) is 10.8 Å². The van der Waals surface area contributed by atoms with Gasteiger partial charge in [-0.2, -0.15) is 0 Å². The fourth-order valence-corrected chi connectivity index (χ4v) is 4.66. The second kappa shape index (κ2) is 11.1. The first kappa shape index (κ1) is 30.7. The number of nitrogens with two attached hydrogens (primary N) is 1. The molecule has 0 aliphatic heterocycles. The van der Waals surface area contributed by atoms with Crippen LogP contribution in [0.4, 0.5) is 5.13 Å². The molecule has 2 aromatic heterocycles. The van der Waals surface area contributed by atoms with E-state index in [0.717, 1.165) is 11.3 Å². The maximum Gasteiger partial charge on any atom is 0.402 e. The predicted molar refractivity (Wildman–Crippen MR) is 138 cm³/mol. The van der Waals surface area contributed by atoms with E-state index in [4.69, 9.17) is 28.7 Å². The third-order valence-electron chi connectivity index (χ3n) is 4.68.